The van der Waals surface area contributed by atoms with Crippen LogP contribution in [-0.4, -0.2) is 57.8 Å². The highest BCUT2D eigenvalue weighted by Gasteiger charge is 2.24. The van der Waals surface area contributed by atoms with Gasteiger partial charge in [-0.15, -0.1) is 0 Å². The second-order valence-corrected chi connectivity index (χ2v) is 8.07. The number of aryl methyl sites for hydroxylation is 1. The molecule has 4 rings (SSSR count). The van der Waals surface area contributed by atoms with Crippen LogP contribution in [0.25, 0.3) is 0 Å². The topological polar surface area (TPSA) is 52.4 Å². The van der Waals surface area contributed by atoms with Gasteiger partial charge in [-0.2, -0.15) is 0 Å². The van der Waals surface area contributed by atoms with Gasteiger partial charge in [0.2, 0.25) is 5.91 Å². The number of rotatable bonds is 7. The largest absolute Gasteiger partial charge is 0.497 e. The molecule has 0 atom stereocenters. The average Bonchev–Trinajstić information content (AvgIpc) is 3.25. The van der Waals surface area contributed by atoms with Gasteiger partial charge in [0.05, 0.1) is 47.0 Å². The van der Waals surface area contributed by atoms with Gasteiger partial charge in [-0.05, 0) is 47.9 Å². The van der Waals surface area contributed by atoms with Gasteiger partial charge >= 0.3 is 0 Å². The van der Waals surface area contributed by atoms with Crippen LogP contribution in [0.2, 0.25) is 0 Å². The predicted molar refractivity (Wildman–Crippen MR) is 114 cm³/mol. The van der Waals surface area contributed by atoms with Crippen LogP contribution in [0.3, 0.4) is 0 Å². The molecule has 1 N–H and O–H groups in total. The van der Waals surface area contributed by atoms with Crippen LogP contribution in [0, 0.1) is 0 Å². The minimum atomic E-state index is 0.227. The molecule has 1 amide bonds. The van der Waals surface area contributed by atoms with Gasteiger partial charge in [0.1, 0.15) is 23.8 Å². The first kappa shape index (κ1) is 20.5. The second kappa shape index (κ2) is 9.39. The molecule has 0 unspecified atom stereocenters. The molecule has 2 aliphatic rings. The number of fused-ring (bicyclic) bond motifs is 1. The van der Waals surface area contributed by atoms with Crippen LogP contribution in [0.5, 0.6) is 17.2 Å². The Morgan fingerprint density at radius 3 is 2.47 bits per heavy atom. The quantitative estimate of drug-likeness (QED) is 0.750. The van der Waals surface area contributed by atoms with Crippen molar-refractivity contribution in [3.8, 4) is 17.2 Å². The SMILES string of the molecule is COc1cc(CCC(=O)N2CC[NH+](Cc3ccc4c(c3)CCO4)CC2)cc(OC)c1. The van der Waals surface area contributed by atoms with Gasteiger partial charge in [0.25, 0.3) is 0 Å². The number of nitrogens with one attached hydrogen (secondary N) is 1. The zero-order valence-electron chi connectivity index (χ0n) is 17.9. The summed E-state index contributed by atoms with van der Waals surface area (Å²) >= 11 is 0. The van der Waals surface area contributed by atoms with Crippen LogP contribution in [0.1, 0.15) is 23.1 Å². The van der Waals surface area contributed by atoms with Crippen molar-refractivity contribution >= 4 is 5.91 Å². The van der Waals surface area contributed by atoms with E-state index in [0.29, 0.717) is 12.8 Å². The number of quaternary nitrogens is 1. The van der Waals surface area contributed by atoms with Crippen molar-refractivity contribution in [1.82, 2.24) is 4.90 Å². The minimum absolute atomic E-state index is 0.227. The van der Waals surface area contributed by atoms with Crippen molar-refractivity contribution in [2.24, 2.45) is 0 Å². The van der Waals surface area contributed by atoms with E-state index in [0.717, 1.165) is 68.6 Å². The third-order valence-corrected chi connectivity index (χ3v) is 6.07. The highest BCUT2D eigenvalue weighted by Crippen LogP contribution is 2.26. The molecule has 0 aromatic heterocycles. The summed E-state index contributed by atoms with van der Waals surface area (Å²) in [5.41, 5.74) is 3.75. The summed E-state index contributed by atoms with van der Waals surface area (Å²) < 4.78 is 16.2. The summed E-state index contributed by atoms with van der Waals surface area (Å²) in [6.07, 6.45) is 2.22. The van der Waals surface area contributed by atoms with E-state index in [1.54, 1.807) is 14.2 Å². The van der Waals surface area contributed by atoms with Gasteiger partial charge in [-0.25, -0.2) is 0 Å². The zero-order chi connectivity index (χ0) is 20.9. The Balaban J connectivity index is 1.25. The van der Waals surface area contributed by atoms with E-state index in [1.165, 1.54) is 16.0 Å². The molecule has 160 valence electrons. The van der Waals surface area contributed by atoms with Gasteiger partial charge in [0, 0.05) is 24.5 Å². The zero-order valence-corrected chi connectivity index (χ0v) is 17.9. The van der Waals surface area contributed by atoms with Crippen LogP contribution in [0.4, 0.5) is 0 Å². The third kappa shape index (κ3) is 4.87. The molecule has 0 spiro atoms. The minimum Gasteiger partial charge on any atom is -0.497 e. The highest BCUT2D eigenvalue weighted by atomic mass is 16.5. The van der Waals surface area contributed by atoms with E-state index >= 15 is 0 Å². The van der Waals surface area contributed by atoms with Crippen molar-refractivity contribution in [1.29, 1.82) is 0 Å². The van der Waals surface area contributed by atoms with Gasteiger partial charge in [-0.1, -0.05) is 0 Å². The Kier molecular flexibility index (Phi) is 6.43. The summed E-state index contributed by atoms with van der Waals surface area (Å²) in [6, 6.07) is 12.4. The van der Waals surface area contributed by atoms with Crippen molar-refractivity contribution < 1.29 is 23.9 Å². The molecular formula is C24H31N2O4+. The monoisotopic (exact) mass is 411 g/mol. The van der Waals surface area contributed by atoms with E-state index in [2.05, 4.69) is 18.2 Å². The Morgan fingerprint density at radius 1 is 1.03 bits per heavy atom. The van der Waals surface area contributed by atoms with E-state index in [4.69, 9.17) is 14.2 Å². The maximum atomic E-state index is 12.7. The fourth-order valence-electron chi connectivity index (χ4n) is 4.31. The lowest BCUT2D eigenvalue weighted by Gasteiger charge is -2.32. The first-order chi connectivity index (χ1) is 14.6. The van der Waals surface area contributed by atoms with Crippen LogP contribution < -0.4 is 19.1 Å². The Morgan fingerprint density at radius 2 is 1.77 bits per heavy atom. The van der Waals surface area contributed by atoms with E-state index in [1.807, 2.05) is 23.1 Å². The molecule has 1 fully saturated rings. The smallest absolute Gasteiger partial charge is 0.223 e. The second-order valence-electron chi connectivity index (χ2n) is 8.07. The summed E-state index contributed by atoms with van der Waals surface area (Å²) in [6.45, 7) is 5.44. The molecule has 0 bridgehead atoms. The number of ether oxygens (including phenoxy) is 3. The van der Waals surface area contributed by atoms with Crippen LogP contribution in [0.15, 0.2) is 36.4 Å². The Labute approximate surface area is 178 Å². The molecule has 1 saturated heterocycles. The summed E-state index contributed by atoms with van der Waals surface area (Å²) in [5, 5.41) is 0. The lowest BCUT2D eigenvalue weighted by molar-refractivity contribution is -0.917. The third-order valence-electron chi connectivity index (χ3n) is 6.07. The molecule has 0 aliphatic carbocycles. The number of benzene rings is 2. The highest BCUT2D eigenvalue weighted by molar-refractivity contribution is 5.76. The summed E-state index contributed by atoms with van der Waals surface area (Å²) in [7, 11) is 3.28. The molecule has 0 radical (unpaired) electrons. The number of hydrogen-bond donors (Lipinski definition) is 1. The molecule has 6 heteroatoms. The number of piperazine rings is 1. The lowest BCUT2D eigenvalue weighted by atomic mass is 10.1. The number of hydrogen-bond acceptors (Lipinski definition) is 4. The van der Waals surface area contributed by atoms with Crippen LogP contribution >= 0.6 is 0 Å². The normalized spacial score (nSPS) is 16.1. The maximum Gasteiger partial charge on any atom is 0.223 e. The van der Waals surface area contributed by atoms with Gasteiger partial charge in [-0.3, -0.25) is 4.79 Å². The molecule has 0 saturated carbocycles. The fourth-order valence-corrected chi connectivity index (χ4v) is 4.31. The molecule has 2 aliphatic heterocycles. The van der Waals surface area contributed by atoms with E-state index < -0.39 is 0 Å². The summed E-state index contributed by atoms with van der Waals surface area (Å²) in [5.74, 6) is 2.78. The number of amides is 1. The molecule has 2 aromatic carbocycles. The Bertz CT molecular complexity index is 869. The standard InChI is InChI=1S/C24H30N2O4/c1-28-21-14-18(15-22(16-21)29-2)4-6-24(27)26-10-8-25(9-11-26)17-19-3-5-23-20(13-19)7-12-30-23/h3,5,13-16H,4,6-12,17H2,1-2H3/p+1. The van der Waals surface area contributed by atoms with Gasteiger partial charge in [0.15, 0.2) is 0 Å². The molecule has 2 heterocycles. The number of nitrogens with zero attached hydrogens (tertiary/aromatic N) is 1. The molecule has 2 aromatic rings. The first-order valence-corrected chi connectivity index (χ1v) is 10.7. The maximum absolute atomic E-state index is 12.7. The number of methoxy groups -OCH3 is 2. The van der Waals surface area contributed by atoms with Crippen molar-refractivity contribution in [3.63, 3.8) is 0 Å². The van der Waals surface area contributed by atoms with Crippen molar-refractivity contribution in [3.05, 3.63) is 53.1 Å². The average molecular weight is 412 g/mol. The van der Waals surface area contributed by atoms with E-state index in [9.17, 15) is 4.79 Å². The predicted octanol–water partition coefficient (Wildman–Crippen LogP) is 1.50. The van der Waals surface area contributed by atoms with Crippen molar-refractivity contribution in [2.75, 3.05) is 47.0 Å². The van der Waals surface area contributed by atoms with Gasteiger partial charge < -0.3 is 24.0 Å². The molecular weight excluding hydrogens is 380 g/mol. The lowest BCUT2D eigenvalue weighted by Crippen LogP contribution is -3.13. The first-order valence-electron chi connectivity index (χ1n) is 10.7. The van der Waals surface area contributed by atoms with E-state index in [-0.39, 0.29) is 5.91 Å². The molecule has 6 nitrogen and oxygen atoms in total. The Hall–Kier alpha value is -2.73. The van der Waals surface area contributed by atoms with Crippen molar-refractivity contribution in [2.45, 2.75) is 25.8 Å². The fraction of sp³-hybridized carbons (Fsp3) is 0.458. The molecule has 30 heavy (non-hydrogen) atoms. The number of carbonyl (C=O) groups is 1. The number of carbonyl (C=O) groups excluding carboxylic acids is 1. The van der Waals surface area contributed by atoms with Crippen LogP contribution in [-0.2, 0) is 24.2 Å². The summed E-state index contributed by atoms with van der Waals surface area (Å²) in [4.78, 5) is 16.3.